The third-order valence-electron chi connectivity index (χ3n) is 3.59. The van der Waals surface area contributed by atoms with Crippen LogP contribution in [0.1, 0.15) is 40.5 Å². The first-order valence-corrected chi connectivity index (χ1v) is 11.0. The molecule has 1 N–H and O–H groups in total. The Kier molecular flexibility index (Phi) is 8.76. The Morgan fingerprint density at radius 3 is 1.86 bits per heavy atom. The largest absolute Gasteiger partial charge is 0.393 e. The fraction of sp³-hybridized carbons (Fsp3) is 0.667. The Hall–Kier alpha value is -0.843. The molecule has 4 heteroatoms. The number of rotatable bonds is 11. The van der Waals surface area contributed by atoms with Crippen molar-refractivity contribution in [1.82, 2.24) is 0 Å². The van der Waals surface area contributed by atoms with Crippen LogP contribution in [0.2, 0.25) is 6.55 Å². The minimum absolute atomic E-state index is 0.663. The van der Waals surface area contributed by atoms with Gasteiger partial charge in [-0.15, -0.1) is 0 Å². The van der Waals surface area contributed by atoms with Crippen molar-refractivity contribution in [3.8, 4) is 0 Å². The number of benzene rings is 1. The van der Waals surface area contributed by atoms with Gasteiger partial charge >= 0.3 is 8.56 Å². The maximum absolute atomic E-state index is 6.20. The van der Waals surface area contributed by atoms with Crippen LogP contribution in [0.5, 0.6) is 0 Å². The zero-order valence-electron chi connectivity index (χ0n) is 14.9. The monoisotopic (exact) mass is 323 g/mol. The van der Waals surface area contributed by atoms with Gasteiger partial charge in [0.2, 0.25) is 0 Å². The third-order valence-corrected chi connectivity index (χ3v) is 6.04. The first-order chi connectivity index (χ1) is 10.4. The topological polar surface area (TPSA) is 30.5 Å². The first kappa shape index (κ1) is 19.2. The van der Waals surface area contributed by atoms with E-state index in [1.54, 1.807) is 0 Å². The lowest BCUT2D eigenvalue weighted by Crippen LogP contribution is -2.47. The lowest BCUT2D eigenvalue weighted by atomic mass is 10.2. The zero-order valence-corrected chi connectivity index (χ0v) is 15.9. The second-order valence-electron chi connectivity index (χ2n) is 6.92. The van der Waals surface area contributed by atoms with Crippen molar-refractivity contribution >= 4 is 14.2 Å². The second-order valence-corrected chi connectivity index (χ2v) is 10.1. The van der Waals surface area contributed by atoms with Crippen LogP contribution in [0.4, 0.5) is 5.69 Å². The van der Waals surface area contributed by atoms with Crippen LogP contribution < -0.4 is 5.32 Å². The summed E-state index contributed by atoms with van der Waals surface area (Å²) in [5.74, 6) is 1.33. The molecule has 0 aliphatic heterocycles. The van der Waals surface area contributed by atoms with Gasteiger partial charge in [0.1, 0.15) is 0 Å². The molecular formula is C18H33NO2Si. The summed E-state index contributed by atoms with van der Waals surface area (Å²) in [7, 11) is -2.18. The van der Waals surface area contributed by atoms with Gasteiger partial charge < -0.3 is 14.2 Å². The van der Waals surface area contributed by atoms with Gasteiger partial charge in [0, 0.05) is 18.9 Å². The Morgan fingerprint density at radius 2 is 1.41 bits per heavy atom. The summed E-state index contributed by atoms with van der Waals surface area (Å²) >= 11 is 0. The molecule has 0 unspecified atom stereocenters. The van der Waals surface area contributed by atoms with E-state index in [0.29, 0.717) is 11.8 Å². The van der Waals surface area contributed by atoms with E-state index < -0.39 is 8.56 Å². The van der Waals surface area contributed by atoms with Crippen LogP contribution in [0, 0.1) is 11.8 Å². The average Bonchev–Trinajstić information content (AvgIpc) is 2.45. The fourth-order valence-corrected chi connectivity index (χ4v) is 3.90. The molecule has 0 fully saturated rings. The van der Waals surface area contributed by atoms with Crippen molar-refractivity contribution in [2.24, 2.45) is 11.8 Å². The number of hydrogen-bond donors (Lipinski definition) is 1. The summed E-state index contributed by atoms with van der Waals surface area (Å²) in [6, 6.07) is 10.3. The quantitative estimate of drug-likeness (QED) is 0.591. The lowest BCUT2D eigenvalue weighted by Gasteiger charge is -2.28. The first-order valence-electron chi connectivity index (χ1n) is 8.48. The van der Waals surface area contributed by atoms with E-state index in [1.165, 1.54) is 0 Å². The molecule has 0 saturated carbocycles. The predicted molar refractivity (Wildman–Crippen MR) is 97.4 cm³/mol. The molecule has 0 heterocycles. The molecule has 0 aromatic heterocycles. The molecule has 0 radical (unpaired) electrons. The molecule has 0 bridgehead atoms. The van der Waals surface area contributed by atoms with Gasteiger partial charge in [0.15, 0.2) is 0 Å². The van der Waals surface area contributed by atoms with E-state index in [9.17, 15) is 0 Å². The van der Waals surface area contributed by atoms with E-state index in [2.05, 4.69) is 51.7 Å². The minimum atomic E-state index is -2.18. The van der Waals surface area contributed by atoms with Crippen LogP contribution >= 0.6 is 0 Å². The van der Waals surface area contributed by atoms with Crippen molar-refractivity contribution in [3.05, 3.63) is 30.3 Å². The number of anilines is 1. The molecule has 1 aromatic rings. The Labute approximate surface area is 137 Å². The molecular weight excluding hydrogens is 290 g/mol. The molecule has 0 aliphatic rings. The summed E-state index contributed by atoms with van der Waals surface area (Å²) in [6.45, 7) is 12.7. The standard InChI is InChI=1S/C18H33NO2Si/c1-16(2)11-13-20-22(5,21-14-12-17(3)4)15-19-18-9-7-6-8-10-18/h6-10,16-17,19H,11-15H2,1-5H3. The smallest absolute Gasteiger partial charge is 0.354 e. The molecule has 0 saturated heterocycles. The Bertz CT molecular complexity index is 381. The van der Waals surface area contributed by atoms with Gasteiger partial charge in [0.25, 0.3) is 0 Å². The molecule has 126 valence electrons. The van der Waals surface area contributed by atoms with Crippen LogP contribution in [0.25, 0.3) is 0 Å². The fourth-order valence-electron chi connectivity index (χ4n) is 1.98. The molecule has 0 atom stereocenters. The van der Waals surface area contributed by atoms with Gasteiger partial charge in [-0.1, -0.05) is 45.9 Å². The summed E-state index contributed by atoms with van der Waals surface area (Å²) in [4.78, 5) is 0. The van der Waals surface area contributed by atoms with Crippen LogP contribution in [0.15, 0.2) is 30.3 Å². The van der Waals surface area contributed by atoms with Crippen LogP contribution in [-0.2, 0) is 8.85 Å². The van der Waals surface area contributed by atoms with E-state index in [4.69, 9.17) is 8.85 Å². The molecule has 0 aliphatic carbocycles. The molecule has 3 nitrogen and oxygen atoms in total. The summed E-state index contributed by atoms with van der Waals surface area (Å²) in [5.41, 5.74) is 1.13. The molecule has 22 heavy (non-hydrogen) atoms. The molecule has 1 rings (SSSR count). The SMILES string of the molecule is CC(C)CCO[Si](C)(CNc1ccccc1)OCCC(C)C. The van der Waals surface area contributed by atoms with E-state index >= 15 is 0 Å². The third kappa shape index (κ3) is 8.56. The summed E-state index contributed by atoms with van der Waals surface area (Å²) in [5, 5.41) is 3.47. The highest BCUT2D eigenvalue weighted by Crippen LogP contribution is 2.14. The zero-order chi connectivity index (χ0) is 16.4. The van der Waals surface area contributed by atoms with Gasteiger partial charge in [-0.3, -0.25) is 0 Å². The maximum Gasteiger partial charge on any atom is 0.354 e. The Morgan fingerprint density at radius 1 is 0.909 bits per heavy atom. The van der Waals surface area contributed by atoms with Gasteiger partial charge in [-0.2, -0.15) is 0 Å². The van der Waals surface area contributed by atoms with Crippen LogP contribution in [-0.4, -0.2) is 27.9 Å². The van der Waals surface area contributed by atoms with Gasteiger partial charge in [-0.25, -0.2) is 0 Å². The highest BCUT2D eigenvalue weighted by molar-refractivity contribution is 6.66. The van der Waals surface area contributed by atoms with Crippen molar-refractivity contribution in [2.45, 2.75) is 47.1 Å². The molecule has 1 aromatic carbocycles. The normalized spacial score (nSPS) is 12.1. The van der Waals surface area contributed by atoms with Crippen molar-refractivity contribution < 1.29 is 8.85 Å². The number of hydrogen-bond acceptors (Lipinski definition) is 3. The van der Waals surface area contributed by atoms with Crippen molar-refractivity contribution in [2.75, 3.05) is 24.7 Å². The van der Waals surface area contributed by atoms with E-state index in [0.717, 1.165) is 37.9 Å². The summed E-state index contributed by atoms with van der Waals surface area (Å²) < 4.78 is 12.4. The second kappa shape index (κ2) is 10.0. The maximum atomic E-state index is 6.20. The minimum Gasteiger partial charge on any atom is -0.393 e. The van der Waals surface area contributed by atoms with E-state index in [-0.39, 0.29) is 0 Å². The van der Waals surface area contributed by atoms with Gasteiger partial charge in [0.05, 0.1) is 6.17 Å². The van der Waals surface area contributed by atoms with Crippen molar-refractivity contribution in [3.63, 3.8) is 0 Å². The molecule has 0 amide bonds. The van der Waals surface area contributed by atoms with E-state index in [1.807, 2.05) is 18.2 Å². The van der Waals surface area contributed by atoms with Crippen molar-refractivity contribution in [1.29, 1.82) is 0 Å². The predicted octanol–water partition coefficient (Wildman–Crippen LogP) is 4.84. The summed E-state index contributed by atoms with van der Waals surface area (Å²) in [6.07, 6.45) is 2.95. The Balaban J connectivity index is 2.51. The lowest BCUT2D eigenvalue weighted by molar-refractivity contribution is 0.161. The highest BCUT2D eigenvalue weighted by Gasteiger charge is 2.31. The highest BCUT2D eigenvalue weighted by atomic mass is 28.4. The number of nitrogens with one attached hydrogen (secondary N) is 1. The van der Waals surface area contributed by atoms with Gasteiger partial charge in [-0.05, 0) is 43.4 Å². The van der Waals surface area contributed by atoms with Crippen LogP contribution in [0.3, 0.4) is 0 Å². The number of para-hydroxylation sites is 1. The average molecular weight is 324 g/mol. The molecule has 0 spiro atoms.